The SMILES string of the molecule is Cc1ccc(-c2ccccc2C=CC#Cc2ccc(C(=O)O)c(O)c2)cc1. The van der Waals surface area contributed by atoms with Crippen molar-refractivity contribution in [1.82, 2.24) is 0 Å². The van der Waals surface area contributed by atoms with Crippen molar-refractivity contribution >= 4 is 12.0 Å². The monoisotopic (exact) mass is 354 g/mol. The summed E-state index contributed by atoms with van der Waals surface area (Å²) >= 11 is 0. The molecule has 0 unspecified atom stereocenters. The molecule has 0 aromatic heterocycles. The summed E-state index contributed by atoms with van der Waals surface area (Å²) in [5.41, 5.74) is 4.95. The summed E-state index contributed by atoms with van der Waals surface area (Å²) in [5.74, 6) is 4.37. The standard InChI is InChI=1S/C24H18O3/c1-17-10-13-20(14-11-17)21-9-5-4-8-19(21)7-3-2-6-18-12-15-22(24(26)27)23(25)16-18/h3-5,7-16,25H,1H3,(H,26,27). The maximum atomic E-state index is 10.9. The molecule has 0 aliphatic heterocycles. The molecule has 3 rings (SSSR count). The topological polar surface area (TPSA) is 57.5 Å². The molecule has 0 spiro atoms. The molecule has 0 amide bonds. The second-order valence-corrected chi connectivity index (χ2v) is 6.09. The first-order chi connectivity index (χ1) is 13.0. The van der Waals surface area contributed by atoms with Gasteiger partial charge in [0.2, 0.25) is 0 Å². The van der Waals surface area contributed by atoms with Crippen LogP contribution in [0.4, 0.5) is 0 Å². The summed E-state index contributed by atoms with van der Waals surface area (Å²) in [6.07, 6.45) is 3.68. The lowest BCUT2D eigenvalue weighted by molar-refractivity contribution is 0.0693. The Hall–Kier alpha value is -3.77. The molecule has 132 valence electrons. The maximum Gasteiger partial charge on any atom is 0.339 e. The average molecular weight is 354 g/mol. The molecule has 0 radical (unpaired) electrons. The highest BCUT2D eigenvalue weighted by Crippen LogP contribution is 2.25. The molecule has 3 aromatic carbocycles. The molecule has 0 aliphatic carbocycles. The molecule has 0 saturated heterocycles. The molecule has 0 heterocycles. The van der Waals surface area contributed by atoms with E-state index in [1.807, 2.05) is 24.3 Å². The van der Waals surface area contributed by atoms with Gasteiger partial charge >= 0.3 is 5.97 Å². The number of hydrogen-bond acceptors (Lipinski definition) is 2. The van der Waals surface area contributed by atoms with Crippen LogP contribution in [0.2, 0.25) is 0 Å². The Morgan fingerprint density at radius 2 is 1.74 bits per heavy atom. The molecular formula is C24H18O3. The number of phenols is 1. The fourth-order valence-electron chi connectivity index (χ4n) is 2.69. The van der Waals surface area contributed by atoms with Gasteiger partial charge in [0.05, 0.1) is 0 Å². The predicted molar refractivity (Wildman–Crippen MR) is 108 cm³/mol. The zero-order valence-corrected chi connectivity index (χ0v) is 14.8. The van der Waals surface area contributed by atoms with Crippen LogP contribution >= 0.6 is 0 Å². The summed E-state index contributed by atoms with van der Waals surface area (Å²) in [4.78, 5) is 10.9. The molecule has 3 aromatic rings. The van der Waals surface area contributed by atoms with Gasteiger partial charge in [-0.1, -0.05) is 65.9 Å². The third-order valence-corrected chi connectivity index (χ3v) is 4.11. The van der Waals surface area contributed by atoms with Gasteiger partial charge in [-0.2, -0.15) is 0 Å². The molecule has 0 saturated carbocycles. The molecule has 2 N–H and O–H groups in total. The first-order valence-electron chi connectivity index (χ1n) is 8.45. The van der Waals surface area contributed by atoms with Gasteiger partial charge in [-0.25, -0.2) is 4.79 Å². The molecule has 3 nitrogen and oxygen atoms in total. The smallest absolute Gasteiger partial charge is 0.339 e. The molecule has 3 heteroatoms. The highest BCUT2D eigenvalue weighted by molar-refractivity contribution is 5.91. The van der Waals surface area contributed by atoms with E-state index in [4.69, 9.17) is 5.11 Å². The van der Waals surface area contributed by atoms with Gasteiger partial charge in [0.25, 0.3) is 0 Å². The lowest BCUT2D eigenvalue weighted by Crippen LogP contribution is -1.96. The predicted octanol–water partition coefficient (Wildman–Crippen LogP) is 5.13. The van der Waals surface area contributed by atoms with Crippen molar-refractivity contribution in [2.24, 2.45) is 0 Å². The molecule has 27 heavy (non-hydrogen) atoms. The maximum absolute atomic E-state index is 10.9. The van der Waals surface area contributed by atoms with E-state index in [2.05, 4.69) is 49.1 Å². The van der Waals surface area contributed by atoms with Crippen LogP contribution in [-0.2, 0) is 0 Å². The average Bonchev–Trinajstić information content (AvgIpc) is 2.66. The number of aromatic carboxylic acids is 1. The molecular weight excluding hydrogens is 336 g/mol. The van der Waals surface area contributed by atoms with Gasteiger partial charge in [0, 0.05) is 5.56 Å². The fourth-order valence-corrected chi connectivity index (χ4v) is 2.69. The summed E-state index contributed by atoms with van der Waals surface area (Å²) in [7, 11) is 0. The number of rotatable bonds is 3. The van der Waals surface area contributed by atoms with E-state index in [1.165, 1.54) is 17.7 Å². The Bertz CT molecular complexity index is 1060. The quantitative estimate of drug-likeness (QED) is 0.641. The number of carboxylic acids is 1. The summed E-state index contributed by atoms with van der Waals surface area (Å²) in [6.45, 7) is 2.06. The van der Waals surface area contributed by atoms with Gasteiger partial charge in [-0.05, 0) is 54.0 Å². The minimum absolute atomic E-state index is 0.136. The van der Waals surface area contributed by atoms with Crippen LogP contribution in [0.1, 0.15) is 27.0 Å². The zero-order chi connectivity index (χ0) is 19.2. The number of allylic oxidation sites excluding steroid dienone is 1. The highest BCUT2D eigenvalue weighted by atomic mass is 16.4. The van der Waals surface area contributed by atoms with Crippen molar-refractivity contribution in [2.75, 3.05) is 0 Å². The minimum Gasteiger partial charge on any atom is -0.507 e. The Morgan fingerprint density at radius 3 is 2.44 bits per heavy atom. The Labute approximate surface area is 158 Å². The molecule has 0 atom stereocenters. The van der Waals surface area contributed by atoms with Crippen LogP contribution in [0.3, 0.4) is 0 Å². The number of aryl methyl sites for hydroxylation is 1. The van der Waals surface area contributed by atoms with Crippen molar-refractivity contribution < 1.29 is 15.0 Å². The highest BCUT2D eigenvalue weighted by Gasteiger charge is 2.08. The third kappa shape index (κ3) is 4.45. The lowest BCUT2D eigenvalue weighted by Gasteiger charge is -2.06. The van der Waals surface area contributed by atoms with E-state index < -0.39 is 5.97 Å². The van der Waals surface area contributed by atoms with E-state index in [9.17, 15) is 9.90 Å². The number of aromatic hydroxyl groups is 1. The second-order valence-electron chi connectivity index (χ2n) is 6.09. The van der Waals surface area contributed by atoms with Crippen LogP contribution in [0.25, 0.3) is 17.2 Å². The van der Waals surface area contributed by atoms with E-state index in [-0.39, 0.29) is 11.3 Å². The van der Waals surface area contributed by atoms with E-state index >= 15 is 0 Å². The third-order valence-electron chi connectivity index (χ3n) is 4.11. The summed E-state index contributed by atoms with van der Waals surface area (Å²) < 4.78 is 0. The van der Waals surface area contributed by atoms with Gasteiger partial charge in [0.1, 0.15) is 11.3 Å². The van der Waals surface area contributed by atoms with Crippen molar-refractivity contribution in [1.29, 1.82) is 0 Å². The molecule has 0 fully saturated rings. The Balaban J connectivity index is 1.82. The van der Waals surface area contributed by atoms with Gasteiger partial charge in [-0.3, -0.25) is 0 Å². The number of carboxylic acid groups (broad SMARTS) is 1. The number of carbonyl (C=O) groups is 1. The fraction of sp³-hybridized carbons (Fsp3) is 0.0417. The van der Waals surface area contributed by atoms with Gasteiger partial charge in [-0.15, -0.1) is 0 Å². The minimum atomic E-state index is -1.17. The van der Waals surface area contributed by atoms with Crippen molar-refractivity contribution in [3.8, 4) is 28.7 Å². The first kappa shape index (κ1) is 18.0. The van der Waals surface area contributed by atoms with Crippen molar-refractivity contribution in [2.45, 2.75) is 6.92 Å². The number of hydrogen-bond donors (Lipinski definition) is 2. The van der Waals surface area contributed by atoms with Gasteiger partial charge in [0.15, 0.2) is 0 Å². The lowest BCUT2D eigenvalue weighted by atomic mass is 9.98. The molecule has 0 bridgehead atoms. The largest absolute Gasteiger partial charge is 0.507 e. The van der Waals surface area contributed by atoms with E-state index in [0.29, 0.717) is 5.56 Å². The van der Waals surface area contributed by atoms with Crippen molar-refractivity contribution in [3.63, 3.8) is 0 Å². The first-order valence-corrected chi connectivity index (χ1v) is 8.45. The number of benzene rings is 3. The summed E-state index contributed by atoms with van der Waals surface area (Å²) in [5, 5.41) is 18.6. The Morgan fingerprint density at radius 1 is 1.00 bits per heavy atom. The van der Waals surface area contributed by atoms with Crippen LogP contribution < -0.4 is 0 Å². The second kappa shape index (κ2) is 8.07. The van der Waals surface area contributed by atoms with Crippen LogP contribution in [0.15, 0.2) is 72.8 Å². The summed E-state index contributed by atoms with van der Waals surface area (Å²) in [6, 6.07) is 20.7. The van der Waals surface area contributed by atoms with Crippen LogP contribution in [0.5, 0.6) is 5.75 Å². The molecule has 0 aliphatic rings. The normalized spacial score (nSPS) is 10.4. The van der Waals surface area contributed by atoms with Gasteiger partial charge < -0.3 is 10.2 Å². The zero-order valence-electron chi connectivity index (χ0n) is 14.8. The van der Waals surface area contributed by atoms with E-state index in [1.54, 1.807) is 12.1 Å². The van der Waals surface area contributed by atoms with Crippen molar-refractivity contribution in [3.05, 3.63) is 95.1 Å². The Kier molecular flexibility index (Phi) is 5.39. The van der Waals surface area contributed by atoms with Crippen LogP contribution in [-0.4, -0.2) is 16.2 Å². The van der Waals surface area contributed by atoms with E-state index in [0.717, 1.165) is 16.7 Å². The van der Waals surface area contributed by atoms with Crippen LogP contribution in [0, 0.1) is 18.8 Å².